The number of hydrogen-bond acceptors (Lipinski definition) is 1. The highest BCUT2D eigenvalue weighted by molar-refractivity contribution is 9.10. The van der Waals surface area contributed by atoms with Gasteiger partial charge in [-0.1, -0.05) is 32.8 Å². The van der Waals surface area contributed by atoms with Crippen LogP contribution >= 0.6 is 15.9 Å². The average molecular weight is 320 g/mol. The Balaban J connectivity index is 2.79. The van der Waals surface area contributed by atoms with Crippen molar-refractivity contribution in [2.75, 3.05) is 7.05 Å². The normalized spacial score (nSPS) is 13.1. The van der Waals surface area contributed by atoms with Crippen molar-refractivity contribution >= 4 is 15.9 Å². The van der Waals surface area contributed by atoms with Crippen LogP contribution in [0.25, 0.3) is 0 Å². The molecule has 4 heteroatoms. The molecule has 1 N–H and O–H groups in total. The summed E-state index contributed by atoms with van der Waals surface area (Å²) < 4.78 is 26.8. The molecule has 102 valence electrons. The van der Waals surface area contributed by atoms with Gasteiger partial charge in [-0.05, 0) is 46.9 Å². The van der Waals surface area contributed by atoms with Crippen molar-refractivity contribution < 1.29 is 8.78 Å². The van der Waals surface area contributed by atoms with Gasteiger partial charge in [0.2, 0.25) is 0 Å². The highest BCUT2D eigenvalue weighted by atomic mass is 79.9. The molecule has 0 saturated carbocycles. The molecule has 0 heterocycles. The van der Waals surface area contributed by atoms with Gasteiger partial charge in [-0.3, -0.25) is 0 Å². The lowest BCUT2D eigenvalue weighted by atomic mass is 9.98. The highest BCUT2D eigenvalue weighted by Crippen LogP contribution is 2.30. The molecule has 18 heavy (non-hydrogen) atoms. The first kappa shape index (κ1) is 15.6. The molecule has 0 amide bonds. The largest absolute Gasteiger partial charge is 0.313 e. The molecule has 1 aromatic rings. The van der Waals surface area contributed by atoms with Crippen molar-refractivity contribution in [1.82, 2.24) is 5.32 Å². The van der Waals surface area contributed by atoms with Crippen molar-refractivity contribution in [3.63, 3.8) is 0 Å². The van der Waals surface area contributed by atoms with Crippen LogP contribution in [0.5, 0.6) is 0 Å². The Morgan fingerprint density at radius 3 is 2.44 bits per heavy atom. The third kappa shape index (κ3) is 4.02. The van der Waals surface area contributed by atoms with E-state index in [9.17, 15) is 8.78 Å². The molecule has 1 nitrogen and oxygen atoms in total. The lowest BCUT2D eigenvalue weighted by molar-refractivity contribution is 0.460. The molecule has 0 fully saturated rings. The summed E-state index contributed by atoms with van der Waals surface area (Å²) in [6, 6.07) is 2.87. The number of hydrogen-bond donors (Lipinski definition) is 1. The van der Waals surface area contributed by atoms with Crippen LogP contribution in [0.1, 0.15) is 44.7 Å². The van der Waals surface area contributed by atoms with E-state index in [0.717, 1.165) is 24.8 Å². The summed E-state index contributed by atoms with van der Waals surface area (Å²) in [4.78, 5) is 0. The lowest BCUT2D eigenvalue weighted by Crippen LogP contribution is -2.17. The average Bonchev–Trinajstić information content (AvgIpc) is 2.33. The van der Waals surface area contributed by atoms with E-state index in [1.165, 1.54) is 6.07 Å². The fourth-order valence-electron chi connectivity index (χ4n) is 2.00. The maximum absolute atomic E-state index is 13.5. The second kappa shape index (κ2) is 7.19. The second-order valence-electron chi connectivity index (χ2n) is 4.93. The van der Waals surface area contributed by atoms with Gasteiger partial charge in [0.15, 0.2) is 11.6 Å². The predicted octanol–water partition coefficient (Wildman–Crippen LogP) is 4.81. The molecular formula is C14H20BrF2N. The Labute approximate surface area is 116 Å². The van der Waals surface area contributed by atoms with Gasteiger partial charge in [0.25, 0.3) is 0 Å². The summed E-state index contributed by atoms with van der Waals surface area (Å²) in [5.41, 5.74) is 0.778. The van der Waals surface area contributed by atoms with E-state index in [-0.39, 0.29) is 10.5 Å². The summed E-state index contributed by atoms with van der Waals surface area (Å²) >= 11 is 3.14. The Kier molecular flexibility index (Phi) is 6.22. The van der Waals surface area contributed by atoms with Gasteiger partial charge >= 0.3 is 0 Å². The molecule has 1 rings (SSSR count). The van der Waals surface area contributed by atoms with Crippen LogP contribution in [0.4, 0.5) is 8.78 Å². The Morgan fingerprint density at radius 1 is 1.22 bits per heavy atom. The maximum Gasteiger partial charge on any atom is 0.173 e. The van der Waals surface area contributed by atoms with Gasteiger partial charge in [-0.25, -0.2) is 8.78 Å². The Bertz CT molecular complexity index is 394. The molecule has 0 aromatic heterocycles. The van der Waals surface area contributed by atoms with Gasteiger partial charge in [-0.15, -0.1) is 0 Å². The zero-order valence-corrected chi connectivity index (χ0v) is 12.7. The molecule has 0 saturated heterocycles. The number of nitrogens with one attached hydrogen (secondary N) is 1. The van der Waals surface area contributed by atoms with Crippen LogP contribution in [0, 0.1) is 17.6 Å². The fraction of sp³-hybridized carbons (Fsp3) is 0.571. The first-order valence-electron chi connectivity index (χ1n) is 6.28. The van der Waals surface area contributed by atoms with E-state index < -0.39 is 11.6 Å². The molecule has 1 aromatic carbocycles. The first-order valence-corrected chi connectivity index (χ1v) is 7.07. The van der Waals surface area contributed by atoms with E-state index in [1.54, 1.807) is 6.07 Å². The number of halogens is 3. The predicted molar refractivity (Wildman–Crippen MR) is 74.5 cm³/mol. The second-order valence-corrected chi connectivity index (χ2v) is 5.72. The molecule has 0 aliphatic heterocycles. The third-order valence-electron chi connectivity index (χ3n) is 3.06. The van der Waals surface area contributed by atoms with E-state index in [1.807, 2.05) is 7.05 Å². The van der Waals surface area contributed by atoms with Gasteiger partial charge < -0.3 is 5.32 Å². The van der Waals surface area contributed by atoms with Gasteiger partial charge in [0.05, 0.1) is 4.47 Å². The summed E-state index contributed by atoms with van der Waals surface area (Å²) in [6.45, 7) is 4.36. The first-order chi connectivity index (χ1) is 8.47. The van der Waals surface area contributed by atoms with Crippen LogP contribution in [0.15, 0.2) is 16.6 Å². The summed E-state index contributed by atoms with van der Waals surface area (Å²) in [5.74, 6) is -0.963. The topological polar surface area (TPSA) is 12.0 Å². The van der Waals surface area contributed by atoms with Crippen molar-refractivity contribution in [3.05, 3.63) is 33.8 Å². The number of benzene rings is 1. The van der Waals surface area contributed by atoms with Crippen molar-refractivity contribution in [3.8, 4) is 0 Å². The minimum atomic E-state index is -0.817. The standard InChI is InChI=1S/C14H20BrF2N/c1-9(2)5-4-6-12(18-3)10-7-8-11(16)14(17)13(10)15/h7-9,12,18H,4-6H2,1-3H3. The van der Waals surface area contributed by atoms with Crippen LogP contribution < -0.4 is 5.32 Å². The highest BCUT2D eigenvalue weighted by Gasteiger charge is 2.17. The smallest absolute Gasteiger partial charge is 0.173 e. The Morgan fingerprint density at radius 2 is 1.89 bits per heavy atom. The van der Waals surface area contributed by atoms with E-state index >= 15 is 0 Å². The quantitative estimate of drug-likeness (QED) is 0.742. The fourth-order valence-corrected chi connectivity index (χ4v) is 2.59. The zero-order valence-electron chi connectivity index (χ0n) is 11.1. The lowest BCUT2D eigenvalue weighted by Gasteiger charge is -2.19. The molecule has 0 radical (unpaired) electrons. The molecule has 1 unspecified atom stereocenters. The summed E-state index contributed by atoms with van der Waals surface area (Å²) in [7, 11) is 1.84. The molecule has 0 bridgehead atoms. The molecular weight excluding hydrogens is 300 g/mol. The van der Waals surface area contributed by atoms with Crippen molar-refractivity contribution in [2.24, 2.45) is 5.92 Å². The molecule has 0 aliphatic carbocycles. The van der Waals surface area contributed by atoms with Crippen LogP contribution in [0.3, 0.4) is 0 Å². The summed E-state index contributed by atoms with van der Waals surface area (Å²) in [6.07, 6.45) is 3.12. The zero-order chi connectivity index (χ0) is 13.7. The Hall–Kier alpha value is -0.480. The van der Waals surface area contributed by atoms with Gasteiger partial charge in [-0.2, -0.15) is 0 Å². The van der Waals surface area contributed by atoms with Crippen LogP contribution in [-0.4, -0.2) is 7.05 Å². The minimum absolute atomic E-state index is 0.0493. The molecule has 0 spiro atoms. The molecule has 0 aliphatic rings. The monoisotopic (exact) mass is 319 g/mol. The number of rotatable bonds is 6. The summed E-state index contributed by atoms with van der Waals surface area (Å²) in [5, 5.41) is 3.16. The third-order valence-corrected chi connectivity index (χ3v) is 3.87. The minimum Gasteiger partial charge on any atom is -0.313 e. The van der Waals surface area contributed by atoms with E-state index in [0.29, 0.717) is 5.92 Å². The SMILES string of the molecule is CNC(CCCC(C)C)c1ccc(F)c(F)c1Br. The van der Waals surface area contributed by atoms with Gasteiger partial charge in [0, 0.05) is 6.04 Å². The van der Waals surface area contributed by atoms with Gasteiger partial charge in [0.1, 0.15) is 0 Å². The van der Waals surface area contributed by atoms with Crippen LogP contribution in [-0.2, 0) is 0 Å². The van der Waals surface area contributed by atoms with Crippen LogP contribution in [0.2, 0.25) is 0 Å². The van der Waals surface area contributed by atoms with Crippen molar-refractivity contribution in [2.45, 2.75) is 39.2 Å². The van der Waals surface area contributed by atoms with Crippen molar-refractivity contribution in [1.29, 1.82) is 0 Å². The van der Waals surface area contributed by atoms with E-state index in [2.05, 4.69) is 35.1 Å². The molecule has 1 atom stereocenters. The maximum atomic E-state index is 13.5. The van der Waals surface area contributed by atoms with E-state index in [4.69, 9.17) is 0 Å².